The average Bonchev–Trinajstić information content (AvgIpc) is 2.58. The van der Waals surface area contributed by atoms with Crippen LogP contribution in [0.3, 0.4) is 0 Å². The number of hydrogen-bond acceptors (Lipinski definition) is 3. The van der Waals surface area contributed by atoms with Crippen molar-refractivity contribution in [2.24, 2.45) is 0 Å². The number of ether oxygens (including phenoxy) is 1. The van der Waals surface area contributed by atoms with E-state index in [0.29, 0.717) is 0 Å². The number of halogens is 1. The molecular formula is C19H20FNOS. The minimum absolute atomic E-state index is 0.185. The van der Waals surface area contributed by atoms with E-state index in [1.54, 1.807) is 24.9 Å². The van der Waals surface area contributed by atoms with Crippen LogP contribution in [0.15, 0.2) is 52.3 Å². The molecule has 0 atom stereocenters. The van der Waals surface area contributed by atoms with Gasteiger partial charge in [0, 0.05) is 16.3 Å². The number of nitrogens with one attached hydrogen (secondary N) is 1. The van der Waals surface area contributed by atoms with E-state index in [2.05, 4.69) is 24.4 Å². The lowest BCUT2D eigenvalue weighted by Crippen LogP contribution is -2.20. The fourth-order valence-corrected chi connectivity index (χ4v) is 3.72. The lowest BCUT2D eigenvalue weighted by molar-refractivity contribution is 0.414. The third-order valence-corrected chi connectivity index (χ3v) is 5.21. The second kappa shape index (κ2) is 7.20. The van der Waals surface area contributed by atoms with Gasteiger partial charge in [0.25, 0.3) is 0 Å². The molecule has 0 aliphatic carbocycles. The Hall–Kier alpha value is -1.78. The molecule has 23 heavy (non-hydrogen) atoms. The van der Waals surface area contributed by atoms with Crippen molar-refractivity contribution in [1.29, 1.82) is 0 Å². The molecule has 0 bridgehead atoms. The van der Waals surface area contributed by atoms with E-state index >= 15 is 0 Å². The van der Waals surface area contributed by atoms with Crippen LogP contribution in [0.2, 0.25) is 0 Å². The lowest BCUT2D eigenvalue weighted by Gasteiger charge is -2.18. The second-order valence-electron chi connectivity index (χ2n) is 5.56. The molecule has 2 nitrogen and oxygen atoms in total. The Morgan fingerprint density at radius 2 is 1.96 bits per heavy atom. The highest BCUT2D eigenvalue weighted by Crippen LogP contribution is 2.37. The zero-order chi connectivity index (χ0) is 16.2. The zero-order valence-corrected chi connectivity index (χ0v) is 14.2. The second-order valence-corrected chi connectivity index (χ2v) is 6.64. The molecule has 1 aliphatic rings. The van der Waals surface area contributed by atoms with Crippen molar-refractivity contribution in [3.05, 3.63) is 59.4 Å². The smallest absolute Gasteiger partial charge is 0.123 e. The average molecular weight is 329 g/mol. The van der Waals surface area contributed by atoms with Crippen LogP contribution in [-0.2, 0) is 0 Å². The Labute approximate surface area is 140 Å². The highest BCUT2D eigenvalue weighted by atomic mass is 32.2. The van der Waals surface area contributed by atoms with Crippen LogP contribution >= 0.6 is 11.8 Å². The van der Waals surface area contributed by atoms with Crippen LogP contribution in [0.4, 0.5) is 4.39 Å². The van der Waals surface area contributed by atoms with Gasteiger partial charge in [-0.1, -0.05) is 17.8 Å². The Morgan fingerprint density at radius 3 is 2.65 bits per heavy atom. The predicted octanol–water partition coefficient (Wildman–Crippen LogP) is 4.67. The van der Waals surface area contributed by atoms with Crippen molar-refractivity contribution in [3.8, 4) is 5.75 Å². The third-order valence-electron chi connectivity index (χ3n) is 3.95. The molecule has 1 aliphatic heterocycles. The molecule has 3 rings (SSSR count). The van der Waals surface area contributed by atoms with Crippen LogP contribution in [0.5, 0.6) is 5.75 Å². The maximum Gasteiger partial charge on any atom is 0.123 e. The summed E-state index contributed by atoms with van der Waals surface area (Å²) in [6.45, 7) is 3.85. The first-order valence-electron chi connectivity index (χ1n) is 7.69. The monoisotopic (exact) mass is 329 g/mol. The Bertz CT molecular complexity index is 742. The van der Waals surface area contributed by atoms with E-state index in [0.717, 1.165) is 46.2 Å². The summed E-state index contributed by atoms with van der Waals surface area (Å²) in [7, 11) is 1.67. The van der Waals surface area contributed by atoms with Gasteiger partial charge in [-0.2, -0.15) is 0 Å². The summed E-state index contributed by atoms with van der Waals surface area (Å²) < 4.78 is 19.0. The van der Waals surface area contributed by atoms with Crippen LogP contribution in [0, 0.1) is 12.7 Å². The molecule has 0 saturated carbocycles. The van der Waals surface area contributed by atoms with Gasteiger partial charge in [-0.3, -0.25) is 0 Å². The number of rotatable bonds is 4. The molecule has 1 heterocycles. The predicted molar refractivity (Wildman–Crippen MR) is 93.7 cm³/mol. The van der Waals surface area contributed by atoms with Gasteiger partial charge in [0.15, 0.2) is 0 Å². The fourth-order valence-electron chi connectivity index (χ4n) is 2.69. The zero-order valence-electron chi connectivity index (χ0n) is 13.4. The lowest BCUT2D eigenvalue weighted by atomic mass is 10.0. The van der Waals surface area contributed by atoms with Gasteiger partial charge in [0.05, 0.1) is 7.11 Å². The largest absolute Gasteiger partial charge is 0.497 e. The van der Waals surface area contributed by atoms with Crippen LogP contribution in [0.1, 0.15) is 17.5 Å². The maximum atomic E-state index is 13.8. The van der Waals surface area contributed by atoms with Crippen LogP contribution in [0.25, 0.3) is 5.57 Å². The first-order chi connectivity index (χ1) is 11.2. The van der Waals surface area contributed by atoms with Gasteiger partial charge < -0.3 is 10.1 Å². The summed E-state index contributed by atoms with van der Waals surface area (Å²) in [5.41, 5.74) is 3.38. The minimum atomic E-state index is -0.185. The maximum absolute atomic E-state index is 13.8. The van der Waals surface area contributed by atoms with E-state index in [1.807, 2.05) is 18.2 Å². The van der Waals surface area contributed by atoms with E-state index in [9.17, 15) is 4.39 Å². The fraction of sp³-hybridized carbons (Fsp3) is 0.263. The van der Waals surface area contributed by atoms with Gasteiger partial charge in [-0.25, -0.2) is 4.39 Å². The number of benzene rings is 2. The highest BCUT2D eigenvalue weighted by molar-refractivity contribution is 7.99. The van der Waals surface area contributed by atoms with Gasteiger partial charge >= 0.3 is 0 Å². The molecule has 2 aromatic rings. The molecule has 1 N–H and O–H groups in total. The van der Waals surface area contributed by atoms with E-state index in [-0.39, 0.29) is 5.82 Å². The molecule has 120 valence electrons. The van der Waals surface area contributed by atoms with Crippen molar-refractivity contribution < 1.29 is 9.13 Å². The molecule has 0 fully saturated rings. The normalized spacial score (nSPS) is 14.5. The van der Waals surface area contributed by atoms with Crippen molar-refractivity contribution in [2.75, 3.05) is 20.2 Å². The Kier molecular flexibility index (Phi) is 5.03. The number of hydrogen-bond donors (Lipinski definition) is 1. The molecule has 2 aromatic carbocycles. The van der Waals surface area contributed by atoms with Crippen molar-refractivity contribution >= 4 is 17.3 Å². The highest BCUT2D eigenvalue weighted by Gasteiger charge is 2.13. The van der Waals surface area contributed by atoms with Crippen LogP contribution < -0.4 is 10.1 Å². The quantitative estimate of drug-likeness (QED) is 0.881. The number of aryl methyl sites for hydroxylation is 1. The topological polar surface area (TPSA) is 21.3 Å². The molecule has 0 amide bonds. The summed E-state index contributed by atoms with van der Waals surface area (Å²) in [5, 5.41) is 3.30. The molecule has 0 unspecified atom stereocenters. The first-order valence-corrected chi connectivity index (χ1v) is 8.51. The summed E-state index contributed by atoms with van der Waals surface area (Å²) in [5.74, 6) is 0.669. The van der Waals surface area contributed by atoms with Crippen LogP contribution in [-0.4, -0.2) is 20.2 Å². The molecule has 0 radical (unpaired) electrons. The van der Waals surface area contributed by atoms with E-state index in [4.69, 9.17) is 4.74 Å². The van der Waals surface area contributed by atoms with Crippen molar-refractivity contribution in [2.45, 2.75) is 23.1 Å². The molecule has 0 spiro atoms. The van der Waals surface area contributed by atoms with Crippen molar-refractivity contribution in [3.63, 3.8) is 0 Å². The standard InChI is InChI=1S/C19H20FNOS/c1-13-11-16(22-2)4-6-18(13)23-19-5-3-15(20)12-17(19)14-7-9-21-10-8-14/h3-7,11-12,21H,8-10H2,1-2H3. The van der Waals surface area contributed by atoms with Gasteiger partial charge in [0.2, 0.25) is 0 Å². The minimum Gasteiger partial charge on any atom is -0.497 e. The molecular weight excluding hydrogens is 309 g/mol. The summed E-state index contributed by atoms with van der Waals surface area (Å²) in [6, 6.07) is 11.1. The Morgan fingerprint density at radius 1 is 1.13 bits per heavy atom. The summed E-state index contributed by atoms with van der Waals surface area (Å²) in [6.07, 6.45) is 3.09. The van der Waals surface area contributed by atoms with Gasteiger partial charge in [0.1, 0.15) is 11.6 Å². The summed E-state index contributed by atoms with van der Waals surface area (Å²) in [4.78, 5) is 2.25. The Balaban J connectivity index is 1.95. The SMILES string of the molecule is COc1ccc(Sc2ccc(F)cc2C2=CCNCC2)c(C)c1. The molecule has 4 heteroatoms. The van der Waals surface area contributed by atoms with Crippen molar-refractivity contribution in [1.82, 2.24) is 5.32 Å². The first kappa shape index (κ1) is 16.1. The van der Waals surface area contributed by atoms with E-state index in [1.165, 1.54) is 11.6 Å². The number of methoxy groups -OCH3 is 1. The molecule has 0 saturated heterocycles. The van der Waals surface area contributed by atoms with Gasteiger partial charge in [-0.15, -0.1) is 0 Å². The third kappa shape index (κ3) is 3.77. The van der Waals surface area contributed by atoms with E-state index < -0.39 is 0 Å². The summed E-state index contributed by atoms with van der Waals surface area (Å²) >= 11 is 1.68. The van der Waals surface area contributed by atoms with Gasteiger partial charge in [-0.05, 0) is 73.0 Å². The molecule has 0 aromatic heterocycles.